The molecule has 0 aromatic rings. The van der Waals surface area contributed by atoms with Crippen molar-refractivity contribution in [3.8, 4) is 0 Å². The topological polar surface area (TPSA) is 60.2 Å². The number of Topliss-reactive ketones (excluding diaryl/α,β-unsaturated/α-hetero) is 1. The van der Waals surface area contributed by atoms with Crippen molar-refractivity contribution in [2.45, 2.75) is 19.9 Å². The molecule has 46 valence electrons. The molecule has 0 aliphatic rings. The molecule has 0 heterocycles. The summed E-state index contributed by atoms with van der Waals surface area (Å²) in [6.45, 7) is 2.47. The second-order valence-corrected chi connectivity index (χ2v) is 1.57. The Kier molecular flexibility index (Phi) is 2.12. The predicted molar refractivity (Wildman–Crippen MR) is 27.1 cm³/mol. The lowest BCUT2D eigenvalue weighted by atomic mass is 10.3. The van der Waals surface area contributed by atoms with E-state index in [-0.39, 0.29) is 0 Å². The normalized spacial score (nSPS) is 12.8. The zero-order chi connectivity index (χ0) is 6.73. The van der Waals surface area contributed by atoms with Crippen molar-refractivity contribution >= 4 is 5.78 Å². The van der Waals surface area contributed by atoms with Crippen LogP contribution in [0.3, 0.4) is 0 Å². The number of carbonyl (C=O) groups is 1. The lowest BCUT2D eigenvalue weighted by Crippen LogP contribution is -2.22. The fraction of sp³-hybridized carbons (Fsp3) is 0.750. The summed E-state index contributed by atoms with van der Waals surface area (Å²) < 4.78 is 0. The summed E-state index contributed by atoms with van der Waals surface area (Å²) in [5.41, 5.74) is 0. The highest BCUT2D eigenvalue weighted by atomic mass is 16.6. The Morgan fingerprint density at radius 3 is 2.12 bits per heavy atom. The highest BCUT2D eigenvalue weighted by molar-refractivity contribution is 5.79. The first kappa shape index (κ1) is 7.07. The Bertz CT molecular complexity index is 106. The van der Waals surface area contributed by atoms with Gasteiger partial charge < -0.3 is 0 Å². The summed E-state index contributed by atoms with van der Waals surface area (Å²) in [5, 5.41) is 9.73. The van der Waals surface area contributed by atoms with Crippen molar-refractivity contribution in [3.05, 3.63) is 10.1 Å². The zero-order valence-electron chi connectivity index (χ0n) is 4.75. The number of carbonyl (C=O) groups excluding carboxylic acids is 1. The van der Waals surface area contributed by atoms with E-state index < -0.39 is 16.7 Å². The smallest absolute Gasteiger partial charge is 0.267 e. The average molecular weight is 117 g/mol. The molecule has 4 nitrogen and oxygen atoms in total. The van der Waals surface area contributed by atoms with Gasteiger partial charge in [-0.1, -0.05) is 0 Å². The molecule has 0 aliphatic carbocycles. The van der Waals surface area contributed by atoms with Crippen molar-refractivity contribution in [1.82, 2.24) is 0 Å². The fourth-order valence-corrected chi connectivity index (χ4v) is 0.148. The van der Waals surface area contributed by atoms with Gasteiger partial charge in [-0.15, -0.1) is 0 Å². The third kappa shape index (κ3) is 1.68. The molecule has 0 amide bonds. The summed E-state index contributed by atoms with van der Waals surface area (Å²) >= 11 is 0. The van der Waals surface area contributed by atoms with Gasteiger partial charge in [-0.25, -0.2) is 0 Å². The van der Waals surface area contributed by atoms with E-state index in [2.05, 4.69) is 0 Å². The molecule has 0 unspecified atom stereocenters. The molecule has 8 heavy (non-hydrogen) atoms. The second kappa shape index (κ2) is 2.40. The first-order valence-corrected chi connectivity index (χ1v) is 2.19. The third-order valence-electron chi connectivity index (χ3n) is 0.905. The fourth-order valence-electron chi connectivity index (χ4n) is 0.148. The number of hydrogen-bond donors (Lipinski definition) is 0. The van der Waals surface area contributed by atoms with Gasteiger partial charge in [0.25, 0.3) is 6.04 Å². The quantitative estimate of drug-likeness (QED) is 0.384. The van der Waals surface area contributed by atoms with Crippen LogP contribution >= 0.6 is 0 Å². The molecule has 0 rings (SSSR count). The van der Waals surface area contributed by atoms with Gasteiger partial charge in [0.2, 0.25) is 5.78 Å². The van der Waals surface area contributed by atoms with Crippen LogP contribution in [0.1, 0.15) is 13.8 Å². The molecule has 0 saturated heterocycles. The van der Waals surface area contributed by atoms with E-state index in [0.29, 0.717) is 0 Å². The van der Waals surface area contributed by atoms with Crippen LogP contribution in [-0.2, 0) is 4.79 Å². The molecule has 0 fully saturated rings. The van der Waals surface area contributed by atoms with Crippen LogP contribution in [0, 0.1) is 10.1 Å². The number of hydrogen-bond acceptors (Lipinski definition) is 3. The van der Waals surface area contributed by atoms with E-state index in [1.165, 1.54) is 13.8 Å². The maximum atomic E-state index is 10.1. The molecule has 0 radical (unpaired) electrons. The predicted octanol–water partition coefficient (Wildman–Crippen LogP) is 0.241. The lowest BCUT2D eigenvalue weighted by molar-refractivity contribution is -0.502. The van der Waals surface area contributed by atoms with E-state index in [1.807, 2.05) is 0 Å². The number of ketones is 1. The molecule has 0 N–H and O–H groups in total. The van der Waals surface area contributed by atoms with E-state index >= 15 is 0 Å². The van der Waals surface area contributed by atoms with Gasteiger partial charge in [0.05, 0.1) is 0 Å². The standard InChI is InChI=1S/C4H7NO3/c1-3(4(2)6)5(7)8/h3H,1-2H3/t3-/m1/s1. The molecule has 1 atom stereocenters. The molecule has 0 aromatic carbocycles. The average Bonchev–Trinajstić information content (AvgIpc) is 1.64. The van der Waals surface area contributed by atoms with Crippen molar-refractivity contribution in [2.24, 2.45) is 0 Å². The van der Waals surface area contributed by atoms with Crippen LogP contribution in [0.25, 0.3) is 0 Å². The van der Waals surface area contributed by atoms with Gasteiger partial charge in [-0.3, -0.25) is 14.9 Å². The van der Waals surface area contributed by atoms with Gasteiger partial charge in [0.1, 0.15) is 0 Å². The third-order valence-corrected chi connectivity index (χ3v) is 0.905. The zero-order valence-corrected chi connectivity index (χ0v) is 4.75. The van der Waals surface area contributed by atoms with Gasteiger partial charge in [-0.05, 0) is 0 Å². The Labute approximate surface area is 46.6 Å². The van der Waals surface area contributed by atoms with Crippen molar-refractivity contribution in [2.75, 3.05) is 0 Å². The van der Waals surface area contributed by atoms with Crippen LogP contribution < -0.4 is 0 Å². The largest absolute Gasteiger partial charge is 0.292 e. The maximum Gasteiger partial charge on any atom is 0.267 e. The molecule has 0 saturated carbocycles. The van der Waals surface area contributed by atoms with Crippen LogP contribution in [0.5, 0.6) is 0 Å². The minimum absolute atomic E-state index is 0.407. The van der Waals surface area contributed by atoms with Crippen LogP contribution in [-0.4, -0.2) is 16.7 Å². The van der Waals surface area contributed by atoms with Gasteiger partial charge in [-0.2, -0.15) is 0 Å². The Balaban J connectivity index is 3.83. The molecule has 0 spiro atoms. The molecule has 0 aliphatic heterocycles. The minimum atomic E-state index is -1.05. The van der Waals surface area contributed by atoms with E-state index in [4.69, 9.17) is 0 Å². The molecular weight excluding hydrogens is 110 g/mol. The maximum absolute atomic E-state index is 10.1. The summed E-state index contributed by atoms with van der Waals surface area (Å²) in [6.07, 6.45) is 0. The van der Waals surface area contributed by atoms with Crippen LogP contribution in [0.2, 0.25) is 0 Å². The molecule has 0 bridgehead atoms. The van der Waals surface area contributed by atoms with E-state index in [9.17, 15) is 14.9 Å². The van der Waals surface area contributed by atoms with Crippen LogP contribution in [0.4, 0.5) is 0 Å². The first-order chi connectivity index (χ1) is 3.55. The molecule has 4 heteroatoms. The second-order valence-electron chi connectivity index (χ2n) is 1.57. The Morgan fingerprint density at radius 2 is 2.12 bits per heavy atom. The summed E-state index contributed by atoms with van der Waals surface area (Å²) in [6, 6.07) is -1.05. The van der Waals surface area contributed by atoms with Gasteiger partial charge in [0, 0.05) is 18.8 Å². The number of rotatable bonds is 2. The monoisotopic (exact) mass is 117 g/mol. The van der Waals surface area contributed by atoms with E-state index in [1.54, 1.807) is 0 Å². The Hall–Kier alpha value is -0.930. The van der Waals surface area contributed by atoms with Gasteiger partial charge in [0.15, 0.2) is 0 Å². The summed E-state index contributed by atoms with van der Waals surface area (Å²) in [4.78, 5) is 19.3. The number of nitro groups is 1. The number of nitrogens with zero attached hydrogens (tertiary/aromatic N) is 1. The van der Waals surface area contributed by atoms with Crippen molar-refractivity contribution in [1.29, 1.82) is 0 Å². The highest BCUT2D eigenvalue weighted by Crippen LogP contribution is 1.87. The minimum Gasteiger partial charge on any atom is -0.292 e. The van der Waals surface area contributed by atoms with E-state index in [0.717, 1.165) is 0 Å². The lowest BCUT2D eigenvalue weighted by Gasteiger charge is -1.94. The SMILES string of the molecule is CC(=O)[C@@H](C)[N+](=O)[O-]. The van der Waals surface area contributed by atoms with Crippen molar-refractivity contribution < 1.29 is 9.72 Å². The first-order valence-electron chi connectivity index (χ1n) is 2.19. The Morgan fingerprint density at radius 1 is 1.75 bits per heavy atom. The molecule has 0 aromatic heterocycles. The summed E-state index contributed by atoms with van der Waals surface area (Å²) in [7, 11) is 0. The summed E-state index contributed by atoms with van der Waals surface area (Å²) in [5.74, 6) is -0.407. The van der Waals surface area contributed by atoms with Gasteiger partial charge >= 0.3 is 0 Å². The molecular formula is C4H7NO3. The van der Waals surface area contributed by atoms with Crippen LogP contribution in [0.15, 0.2) is 0 Å². The highest BCUT2D eigenvalue weighted by Gasteiger charge is 2.17. The van der Waals surface area contributed by atoms with Crippen molar-refractivity contribution in [3.63, 3.8) is 0 Å².